The fourth-order valence-corrected chi connectivity index (χ4v) is 3.95. The number of anilines is 1. The molecule has 2 aliphatic heterocycles. The summed E-state index contributed by atoms with van der Waals surface area (Å²) in [5.74, 6) is 3.40. The van der Waals surface area contributed by atoms with Crippen molar-refractivity contribution < 1.29 is 9.53 Å². The molecule has 1 amide bonds. The average molecular weight is 306 g/mol. The van der Waals surface area contributed by atoms with E-state index in [2.05, 4.69) is 5.32 Å². The van der Waals surface area contributed by atoms with Crippen molar-refractivity contribution in [1.82, 2.24) is 5.32 Å². The van der Waals surface area contributed by atoms with Crippen molar-refractivity contribution in [2.45, 2.75) is 25.3 Å². The molecule has 114 valence electrons. The first kappa shape index (κ1) is 14.7. The number of carbonyl (C=O) groups excluding carboxylic acids is 1. The van der Waals surface area contributed by atoms with Gasteiger partial charge in [-0.05, 0) is 43.7 Å². The Balaban J connectivity index is 1.49. The van der Waals surface area contributed by atoms with E-state index in [0.29, 0.717) is 6.04 Å². The van der Waals surface area contributed by atoms with Gasteiger partial charge in [0.05, 0.1) is 5.69 Å². The minimum Gasteiger partial charge on any atom is -0.482 e. The van der Waals surface area contributed by atoms with Crippen molar-refractivity contribution in [1.29, 1.82) is 0 Å². The Bertz CT molecular complexity index is 489. The van der Waals surface area contributed by atoms with Gasteiger partial charge in [0.15, 0.2) is 6.61 Å². The Kier molecular flexibility index (Phi) is 5.04. The largest absolute Gasteiger partial charge is 0.482 e. The standard InChI is InChI=1S/C16H22N2O2S/c19-16-11-20-15-7-2-1-6-14(15)18(16)9-4-8-17-13-5-3-10-21-12-13/h1-2,6-7,13,17H,3-5,8-12H2/t13-/m0/s1. The highest BCUT2D eigenvalue weighted by atomic mass is 32.2. The topological polar surface area (TPSA) is 41.6 Å². The molecule has 0 radical (unpaired) electrons. The number of carbonyl (C=O) groups is 1. The maximum absolute atomic E-state index is 12.0. The molecule has 1 aromatic carbocycles. The lowest BCUT2D eigenvalue weighted by Gasteiger charge is -2.29. The molecule has 1 fully saturated rings. The van der Waals surface area contributed by atoms with Crippen molar-refractivity contribution in [2.24, 2.45) is 0 Å². The molecule has 5 heteroatoms. The minimum absolute atomic E-state index is 0.0573. The third-order valence-electron chi connectivity index (χ3n) is 3.96. The summed E-state index contributed by atoms with van der Waals surface area (Å²) in [6.45, 7) is 1.88. The predicted molar refractivity (Wildman–Crippen MR) is 87.3 cm³/mol. The summed E-state index contributed by atoms with van der Waals surface area (Å²) in [5.41, 5.74) is 0.905. The molecule has 3 rings (SSSR count). The zero-order valence-electron chi connectivity index (χ0n) is 12.2. The molecule has 0 bridgehead atoms. The summed E-state index contributed by atoms with van der Waals surface area (Å²) in [6.07, 6.45) is 3.57. The number of nitrogens with zero attached hydrogens (tertiary/aromatic N) is 1. The van der Waals surface area contributed by atoms with Crippen LogP contribution in [0.1, 0.15) is 19.3 Å². The summed E-state index contributed by atoms with van der Waals surface area (Å²) in [7, 11) is 0. The lowest BCUT2D eigenvalue weighted by atomic mass is 10.2. The van der Waals surface area contributed by atoms with Crippen molar-refractivity contribution >= 4 is 23.4 Å². The lowest BCUT2D eigenvalue weighted by Crippen LogP contribution is -2.41. The van der Waals surface area contributed by atoms with Crippen molar-refractivity contribution in [3.8, 4) is 5.75 Å². The molecule has 1 aromatic rings. The number of ether oxygens (including phenoxy) is 1. The second-order valence-corrected chi connectivity index (χ2v) is 6.67. The highest BCUT2D eigenvalue weighted by molar-refractivity contribution is 7.99. The molecule has 0 aliphatic carbocycles. The van der Waals surface area contributed by atoms with Gasteiger partial charge >= 0.3 is 0 Å². The number of fused-ring (bicyclic) bond motifs is 1. The Hall–Kier alpha value is -1.20. The lowest BCUT2D eigenvalue weighted by molar-refractivity contribution is -0.121. The highest BCUT2D eigenvalue weighted by Gasteiger charge is 2.24. The Morgan fingerprint density at radius 1 is 1.38 bits per heavy atom. The molecule has 1 saturated heterocycles. The summed E-state index contributed by atoms with van der Waals surface area (Å²) in [5, 5.41) is 3.61. The molecule has 1 atom stereocenters. The van der Waals surface area contributed by atoms with Crippen LogP contribution in [0.3, 0.4) is 0 Å². The zero-order chi connectivity index (χ0) is 14.5. The number of hydrogen-bond donors (Lipinski definition) is 1. The van der Waals surface area contributed by atoms with E-state index in [1.165, 1.54) is 24.3 Å². The van der Waals surface area contributed by atoms with Gasteiger partial charge < -0.3 is 15.0 Å². The Morgan fingerprint density at radius 3 is 3.14 bits per heavy atom. The molecular weight excluding hydrogens is 284 g/mol. The van der Waals surface area contributed by atoms with E-state index in [9.17, 15) is 4.79 Å². The van der Waals surface area contributed by atoms with Crippen LogP contribution in [0.15, 0.2) is 24.3 Å². The molecule has 4 nitrogen and oxygen atoms in total. The van der Waals surface area contributed by atoms with E-state index in [0.717, 1.165) is 30.9 Å². The molecule has 0 spiro atoms. The highest BCUT2D eigenvalue weighted by Crippen LogP contribution is 2.31. The van der Waals surface area contributed by atoms with Gasteiger partial charge in [0.1, 0.15) is 5.75 Å². The van der Waals surface area contributed by atoms with Crippen LogP contribution in [0.4, 0.5) is 5.69 Å². The van der Waals surface area contributed by atoms with Gasteiger partial charge in [-0.1, -0.05) is 12.1 Å². The van der Waals surface area contributed by atoms with Crippen LogP contribution in [0.2, 0.25) is 0 Å². The van der Waals surface area contributed by atoms with Crippen molar-refractivity contribution in [2.75, 3.05) is 36.1 Å². The van der Waals surface area contributed by atoms with Gasteiger partial charge in [0.2, 0.25) is 0 Å². The van der Waals surface area contributed by atoms with Crippen LogP contribution in [0.5, 0.6) is 5.75 Å². The predicted octanol–water partition coefficient (Wildman–Crippen LogP) is 2.29. The first-order valence-electron chi connectivity index (χ1n) is 7.68. The van der Waals surface area contributed by atoms with E-state index in [1.54, 1.807) is 0 Å². The summed E-state index contributed by atoms with van der Waals surface area (Å²) >= 11 is 2.04. The van der Waals surface area contributed by atoms with Crippen LogP contribution in [0.25, 0.3) is 0 Å². The molecule has 0 unspecified atom stereocenters. The second kappa shape index (κ2) is 7.18. The normalized spacial score (nSPS) is 21.8. The van der Waals surface area contributed by atoms with Gasteiger partial charge in [-0.25, -0.2) is 0 Å². The fourth-order valence-electron chi connectivity index (χ4n) is 2.84. The number of rotatable bonds is 5. The van der Waals surface area contributed by atoms with Gasteiger partial charge in [-0.2, -0.15) is 11.8 Å². The SMILES string of the molecule is O=C1COc2ccccc2N1CCCN[C@H]1CCCSC1. The molecule has 1 N–H and O–H groups in total. The first-order valence-corrected chi connectivity index (χ1v) is 8.83. The van der Waals surface area contributed by atoms with Crippen LogP contribution in [0, 0.1) is 0 Å². The van der Waals surface area contributed by atoms with Crippen LogP contribution >= 0.6 is 11.8 Å². The quantitative estimate of drug-likeness (QED) is 0.848. The average Bonchev–Trinajstić information content (AvgIpc) is 2.54. The van der Waals surface area contributed by atoms with Crippen molar-refractivity contribution in [3.63, 3.8) is 0 Å². The second-order valence-electron chi connectivity index (χ2n) is 5.52. The van der Waals surface area contributed by atoms with Gasteiger partial charge in [-0.3, -0.25) is 4.79 Å². The molecule has 0 saturated carbocycles. The van der Waals surface area contributed by atoms with E-state index in [1.807, 2.05) is 40.9 Å². The number of thioether (sulfide) groups is 1. The van der Waals surface area contributed by atoms with Gasteiger partial charge in [0.25, 0.3) is 5.91 Å². The van der Waals surface area contributed by atoms with Crippen LogP contribution in [-0.2, 0) is 4.79 Å². The van der Waals surface area contributed by atoms with E-state index in [4.69, 9.17) is 4.74 Å². The van der Waals surface area contributed by atoms with E-state index < -0.39 is 0 Å². The summed E-state index contributed by atoms with van der Waals surface area (Å²) < 4.78 is 5.46. The first-order chi connectivity index (χ1) is 10.3. The molecule has 21 heavy (non-hydrogen) atoms. The zero-order valence-corrected chi connectivity index (χ0v) is 13.0. The maximum Gasteiger partial charge on any atom is 0.265 e. The Labute approximate surface area is 130 Å². The molecule has 0 aromatic heterocycles. The number of nitrogens with one attached hydrogen (secondary N) is 1. The monoisotopic (exact) mass is 306 g/mol. The summed E-state index contributed by atoms with van der Waals surface area (Å²) in [6, 6.07) is 8.42. The third-order valence-corrected chi connectivity index (χ3v) is 5.18. The van der Waals surface area contributed by atoms with Gasteiger partial charge in [0, 0.05) is 18.3 Å². The van der Waals surface area contributed by atoms with E-state index in [-0.39, 0.29) is 12.5 Å². The molecule has 2 aliphatic rings. The van der Waals surface area contributed by atoms with E-state index >= 15 is 0 Å². The van der Waals surface area contributed by atoms with Crippen LogP contribution in [-0.4, -0.2) is 43.2 Å². The number of benzene rings is 1. The number of para-hydroxylation sites is 2. The number of amides is 1. The van der Waals surface area contributed by atoms with Gasteiger partial charge in [-0.15, -0.1) is 0 Å². The summed E-state index contributed by atoms with van der Waals surface area (Å²) in [4.78, 5) is 13.9. The Morgan fingerprint density at radius 2 is 2.29 bits per heavy atom. The fraction of sp³-hybridized carbons (Fsp3) is 0.562. The van der Waals surface area contributed by atoms with Crippen molar-refractivity contribution in [3.05, 3.63) is 24.3 Å². The molecule has 2 heterocycles. The maximum atomic E-state index is 12.0. The minimum atomic E-state index is 0.0573. The third kappa shape index (κ3) is 3.71. The number of hydrogen-bond acceptors (Lipinski definition) is 4. The van der Waals surface area contributed by atoms with Crippen LogP contribution < -0.4 is 15.0 Å². The molecular formula is C16H22N2O2S. The smallest absolute Gasteiger partial charge is 0.265 e.